The maximum absolute atomic E-state index is 11.9. The summed E-state index contributed by atoms with van der Waals surface area (Å²) in [6.07, 6.45) is 0.299. The molecule has 0 N–H and O–H groups in total. The van der Waals surface area contributed by atoms with Crippen LogP contribution in [0.15, 0.2) is 5.38 Å². The van der Waals surface area contributed by atoms with E-state index in [4.69, 9.17) is 10.00 Å². The molecule has 0 saturated carbocycles. The van der Waals surface area contributed by atoms with Gasteiger partial charge in [-0.25, -0.2) is 0 Å². The molecule has 0 bridgehead atoms. The number of ether oxygens (including phenoxy) is 1. The van der Waals surface area contributed by atoms with E-state index in [9.17, 15) is 4.79 Å². The Morgan fingerprint density at radius 1 is 1.69 bits per heavy atom. The van der Waals surface area contributed by atoms with Crippen molar-refractivity contribution in [2.75, 3.05) is 26.8 Å². The third-order valence-corrected chi connectivity index (χ3v) is 2.43. The predicted octanol–water partition coefficient (Wildman–Crippen LogP) is 0.540. The molecule has 1 aromatic heterocycles. The van der Waals surface area contributed by atoms with Crippen molar-refractivity contribution < 1.29 is 9.53 Å². The van der Waals surface area contributed by atoms with E-state index in [1.54, 1.807) is 17.4 Å². The molecular weight excluding hydrogens is 228 g/mol. The van der Waals surface area contributed by atoms with Crippen LogP contribution in [0, 0.1) is 11.3 Å². The van der Waals surface area contributed by atoms with Crippen LogP contribution >= 0.6 is 11.5 Å². The van der Waals surface area contributed by atoms with Crippen LogP contribution in [0.1, 0.15) is 16.9 Å². The molecule has 0 saturated heterocycles. The quantitative estimate of drug-likeness (QED) is 0.725. The monoisotopic (exact) mass is 240 g/mol. The molecule has 1 heterocycles. The van der Waals surface area contributed by atoms with Crippen molar-refractivity contribution >= 4 is 17.4 Å². The second kappa shape index (κ2) is 6.87. The van der Waals surface area contributed by atoms with Gasteiger partial charge in [0.2, 0.25) is 0 Å². The van der Waals surface area contributed by atoms with Crippen molar-refractivity contribution in [1.82, 2.24) is 14.5 Å². The number of aromatic nitrogens is 2. The van der Waals surface area contributed by atoms with Crippen LogP contribution in [0.4, 0.5) is 0 Å². The van der Waals surface area contributed by atoms with Crippen molar-refractivity contribution in [3.8, 4) is 6.07 Å². The lowest BCUT2D eigenvalue weighted by atomic mass is 10.3. The van der Waals surface area contributed by atoms with Crippen LogP contribution in [0.25, 0.3) is 0 Å². The molecule has 16 heavy (non-hydrogen) atoms. The molecule has 1 aromatic rings. The van der Waals surface area contributed by atoms with Gasteiger partial charge in [0, 0.05) is 25.6 Å². The zero-order chi connectivity index (χ0) is 11.8. The summed E-state index contributed by atoms with van der Waals surface area (Å²) in [4.78, 5) is 13.4. The van der Waals surface area contributed by atoms with Crippen molar-refractivity contribution in [2.24, 2.45) is 0 Å². The lowest BCUT2D eigenvalue weighted by molar-refractivity contribution is 0.0694. The van der Waals surface area contributed by atoms with Crippen LogP contribution in [-0.4, -0.2) is 47.2 Å². The predicted molar refractivity (Wildman–Crippen MR) is 57.9 cm³/mol. The summed E-state index contributed by atoms with van der Waals surface area (Å²) in [5.74, 6) is -0.207. The van der Waals surface area contributed by atoms with Gasteiger partial charge in [-0.3, -0.25) is 4.79 Å². The van der Waals surface area contributed by atoms with Gasteiger partial charge in [0.25, 0.3) is 5.91 Å². The first-order valence-corrected chi connectivity index (χ1v) is 5.55. The molecule has 0 aliphatic rings. The summed E-state index contributed by atoms with van der Waals surface area (Å²) in [6, 6.07) is 2.01. The number of nitrogens with zero attached hydrogens (tertiary/aromatic N) is 4. The fourth-order valence-corrected chi connectivity index (χ4v) is 1.55. The summed E-state index contributed by atoms with van der Waals surface area (Å²) in [5, 5.41) is 13.8. The Kier molecular flexibility index (Phi) is 5.39. The molecule has 0 aromatic carbocycles. The highest BCUT2D eigenvalue weighted by Crippen LogP contribution is 2.04. The number of rotatable bonds is 6. The molecule has 0 aliphatic heterocycles. The normalized spacial score (nSPS) is 9.75. The Morgan fingerprint density at radius 3 is 3.06 bits per heavy atom. The van der Waals surface area contributed by atoms with Crippen molar-refractivity contribution in [3.05, 3.63) is 11.1 Å². The van der Waals surface area contributed by atoms with Gasteiger partial charge in [-0.2, -0.15) is 5.26 Å². The number of amides is 1. The smallest absolute Gasteiger partial charge is 0.275 e. The molecule has 86 valence electrons. The number of nitriles is 1. The Morgan fingerprint density at radius 2 is 2.50 bits per heavy atom. The third-order valence-electron chi connectivity index (χ3n) is 1.93. The van der Waals surface area contributed by atoms with Crippen molar-refractivity contribution in [3.63, 3.8) is 0 Å². The van der Waals surface area contributed by atoms with Gasteiger partial charge in [-0.15, -0.1) is 5.10 Å². The van der Waals surface area contributed by atoms with E-state index < -0.39 is 0 Å². The van der Waals surface area contributed by atoms with E-state index in [1.165, 1.54) is 0 Å². The lowest BCUT2D eigenvalue weighted by Crippen LogP contribution is -2.34. The molecule has 0 radical (unpaired) electrons. The molecule has 1 amide bonds. The van der Waals surface area contributed by atoms with E-state index in [2.05, 4.69) is 9.59 Å². The molecule has 0 fully saturated rings. The van der Waals surface area contributed by atoms with Crippen molar-refractivity contribution in [1.29, 1.82) is 5.26 Å². The standard InChI is InChI=1S/C9H12N4O2S/c1-15-6-5-13(4-2-3-10)9(14)8-7-16-12-11-8/h7H,2,4-6H2,1H3. The molecule has 6 nitrogen and oxygen atoms in total. The van der Waals surface area contributed by atoms with Gasteiger partial charge >= 0.3 is 0 Å². The zero-order valence-electron chi connectivity index (χ0n) is 8.92. The highest BCUT2D eigenvalue weighted by Gasteiger charge is 2.17. The number of carbonyl (C=O) groups excluding carboxylic acids is 1. The molecule has 0 spiro atoms. The summed E-state index contributed by atoms with van der Waals surface area (Å²) in [7, 11) is 1.57. The fourth-order valence-electron chi connectivity index (χ4n) is 1.12. The third kappa shape index (κ3) is 3.56. The molecule has 0 aliphatic carbocycles. The Labute approximate surface area is 97.6 Å². The largest absolute Gasteiger partial charge is 0.383 e. The second-order valence-corrected chi connectivity index (χ2v) is 3.59. The summed E-state index contributed by atoms with van der Waals surface area (Å²) in [5.41, 5.74) is 0.319. The summed E-state index contributed by atoms with van der Waals surface area (Å²) >= 11 is 1.13. The van der Waals surface area contributed by atoms with Crippen LogP contribution < -0.4 is 0 Å². The number of carbonyl (C=O) groups is 1. The van der Waals surface area contributed by atoms with E-state index >= 15 is 0 Å². The number of hydrogen-bond donors (Lipinski definition) is 0. The molecule has 0 atom stereocenters. The Bertz CT molecular complexity index is 360. The maximum Gasteiger partial charge on any atom is 0.275 e. The van der Waals surface area contributed by atoms with Gasteiger partial charge in [0.15, 0.2) is 5.69 Å². The maximum atomic E-state index is 11.9. The minimum Gasteiger partial charge on any atom is -0.383 e. The van der Waals surface area contributed by atoms with Crippen LogP contribution in [-0.2, 0) is 4.74 Å². The number of hydrogen-bond acceptors (Lipinski definition) is 6. The SMILES string of the molecule is COCCN(CCC#N)C(=O)c1csnn1. The molecule has 0 unspecified atom stereocenters. The van der Waals surface area contributed by atoms with Crippen LogP contribution in [0.5, 0.6) is 0 Å². The lowest BCUT2D eigenvalue weighted by Gasteiger charge is -2.19. The fraction of sp³-hybridized carbons (Fsp3) is 0.556. The minimum absolute atomic E-state index is 0.207. The highest BCUT2D eigenvalue weighted by molar-refractivity contribution is 7.03. The highest BCUT2D eigenvalue weighted by atomic mass is 32.1. The minimum atomic E-state index is -0.207. The van der Waals surface area contributed by atoms with E-state index in [0.29, 0.717) is 31.8 Å². The Balaban J connectivity index is 2.60. The van der Waals surface area contributed by atoms with Gasteiger partial charge in [0.05, 0.1) is 19.1 Å². The first kappa shape index (κ1) is 12.5. The summed E-state index contributed by atoms with van der Waals surface area (Å²) < 4.78 is 8.54. The van der Waals surface area contributed by atoms with Gasteiger partial charge in [0.1, 0.15) is 0 Å². The molecular formula is C9H12N4O2S. The van der Waals surface area contributed by atoms with Gasteiger partial charge < -0.3 is 9.64 Å². The Hall–Kier alpha value is -1.52. The first-order chi connectivity index (χ1) is 7.79. The molecule has 7 heteroatoms. The molecule has 1 rings (SSSR count). The second-order valence-electron chi connectivity index (χ2n) is 2.98. The van der Waals surface area contributed by atoms with Gasteiger partial charge in [-0.1, -0.05) is 4.49 Å². The summed E-state index contributed by atoms with van der Waals surface area (Å²) in [6.45, 7) is 1.28. The van der Waals surface area contributed by atoms with Crippen molar-refractivity contribution in [2.45, 2.75) is 6.42 Å². The average Bonchev–Trinajstić information content (AvgIpc) is 2.82. The first-order valence-electron chi connectivity index (χ1n) is 4.71. The van der Waals surface area contributed by atoms with E-state index in [1.807, 2.05) is 6.07 Å². The van der Waals surface area contributed by atoms with E-state index in [-0.39, 0.29) is 5.91 Å². The van der Waals surface area contributed by atoms with Gasteiger partial charge in [-0.05, 0) is 11.5 Å². The van der Waals surface area contributed by atoms with E-state index in [0.717, 1.165) is 11.5 Å². The van der Waals surface area contributed by atoms with Crippen LogP contribution in [0.3, 0.4) is 0 Å². The van der Waals surface area contributed by atoms with Crippen LogP contribution in [0.2, 0.25) is 0 Å². The average molecular weight is 240 g/mol. The topological polar surface area (TPSA) is 79.1 Å². The number of methoxy groups -OCH3 is 1. The zero-order valence-corrected chi connectivity index (χ0v) is 9.74.